The van der Waals surface area contributed by atoms with Crippen LogP contribution >= 0.6 is 27.7 Å². The molecule has 0 aliphatic heterocycles. The highest BCUT2D eigenvalue weighted by Gasteiger charge is 2.15. The molecule has 0 unspecified atom stereocenters. The average molecular weight is 690 g/mol. The minimum absolute atomic E-state index is 0.167. The molecule has 2 amide bonds. The van der Waals surface area contributed by atoms with Crippen LogP contribution in [0.25, 0.3) is 10.9 Å². The molecule has 3 heterocycles. The molecular formula is C36H29BrN6O2S. The van der Waals surface area contributed by atoms with Gasteiger partial charge in [0.25, 0.3) is 11.8 Å². The third kappa shape index (κ3) is 7.42. The van der Waals surface area contributed by atoms with E-state index in [2.05, 4.69) is 60.7 Å². The van der Waals surface area contributed by atoms with E-state index < -0.39 is 0 Å². The third-order valence-corrected chi connectivity index (χ3v) is 8.65. The minimum Gasteiger partial charge on any atom is -0.354 e. The number of benzene rings is 3. The summed E-state index contributed by atoms with van der Waals surface area (Å²) in [7, 11) is 0. The van der Waals surface area contributed by atoms with Gasteiger partial charge >= 0.3 is 0 Å². The van der Waals surface area contributed by atoms with E-state index in [1.807, 2.05) is 79.0 Å². The zero-order valence-electron chi connectivity index (χ0n) is 25.0. The summed E-state index contributed by atoms with van der Waals surface area (Å²) in [6, 6.07) is 29.7. The number of hydrogen-bond acceptors (Lipinski definition) is 7. The maximum absolute atomic E-state index is 13.3. The zero-order valence-corrected chi connectivity index (χ0v) is 27.4. The summed E-state index contributed by atoms with van der Waals surface area (Å²) in [5, 5.41) is 10.2. The lowest BCUT2D eigenvalue weighted by Crippen LogP contribution is -2.13. The number of carbonyl (C=O) groups excluding carboxylic acids is 2. The maximum Gasteiger partial charge on any atom is 0.256 e. The predicted molar refractivity (Wildman–Crippen MR) is 188 cm³/mol. The third-order valence-electron chi connectivity index (χ3n) is 7.10. The van der Waals surface area contributed by atoms with Crippen molar-refractivity contribution in [3.63, 3.8) is 0 Å². The first-order valence-electron chi connectivity index (χ1n) is 14.6. The molecule has 3 aromatic carbocycles. The lowest BCUT2D eigenvalue weighted by Gasteiger charge is -2.16. The van der Waals surface area contributed by atoms with Crippen LogP contribution in [0.4, 0.5) is 22.9 Å². The van der Waals surface area contributed by atoms with Crippen molar-refractivity contribution in [2.75, 3.05) is 16.0 Å². The van der Waals surface area contributed by atoms with Crippen molar-refractivity contribution in [1.82, 2.24) is 15.0 Å². The van der Waals surface area contributed by atoms with E-state index in [1.165, 1.54) is 11.8 Å². The van der Waals surface area contributed by atoms with Crippen molar-refractivity contribution in [3.8, 4) is 0 Å². The number of rotatable bonds is 9. The Hall–Kier alpha value is -5.06. The molecule has 228 valence electrons. The quantitative estimate of drug-likeness (QED) is 0.139. The molecule has 6 aromatic rings. The zero-order chi connectivity index (χ0) is 32.0. The predicted octanol–water partition coefficient (Wildman–Crippen LogP) is 9.31. The Kier molecular flexibility index (Phi) is 9.37. The van der Waals surface area contributed by atoms with E-state index in [0.29, 0.717) is 22.6 Å². The Balaban J connectivity index is 1.29. The van der Waals surface area contributed by atoms with Gasteiger partial charge in [0.05, 0.1) is 16.9 Å². The van der Waals surface area contributed by atoms with E-state index >= 15 is 0 Å². The normalized spacial score (nSPS) is 11.0. The molecule has 8 nitrogen and oxygen atoms in total. The van der Waals surface area contributed by atoms with Gasteiger partial charge in [-0.25, -0.2) is 4.98 Å². The van der Waals surface area contributed by atoms with Crippen LogP contribution in [-0.4, -0.2) is 26.8 Å². The van der Waals surface area contributed by atoms with Crippen LogP contribution < -0.4 is 16.0 Å². The molecule has 0 radical (unpaired) electrons. The van der Waals surface area contributed by atoms with Crippen molar-refractivity contribution in [2.45, 2.75) is 29.6 Å². The second-order valence-corrected chi connectivity index (χ2v) is 12.8. The molecule has 6 rings (SSSR count). The molecule has 0 bridgehead atoms. The van der Waals surface area contributed by atoms with Crippen LogP contribution in [0.2, 0.25) is 0 Å². The van der Waals surface area contributed by atoms with Gasteiger partial charge in [0, 0.05) is 60.7 Å². The average Bonchev–Trinajstić information content (AvgIpc) is 3.07. The SMILES string of the molecule is CC(C)c1cc2nccc(Nc3cc(C(=O)Nc4ccc(Br)cn4)ccc3Sc3ccc(NC(=O)c4ccccc4)cc3)c2cn1. The van der Waals surface area contributed by atoms with Crippen LogP contribution in [-0.2, 0) is 0 Å². The summed E-state index contributed by atoms with van der Waals surface area (Å²) >= 11 is 4.91. The van der Waals surface area contributed by atoms with Crippen molar-refractivity contribution < 1.29 is 9.59 Å². The van der Waals surface area contributed by atoms with Crippen molar-refractivity contribution >= 4 is 73.3 Å². The van der Waals surface area contributed by atoms with E-state index in [0.717, 1.165) is 42.2 Å². The second kappa shape index (κ2) is 13.9. The molecule has 3 N–H and O–H groups in total. The van der Waals surface area contributed by atoms with E-state index in [-0.39, 0.29) is 17.7 Å². The van der Waals surface area contributed by atoms with Gasteiger partial charge in [0.2, 0.25) is 0 Å². The summed E-state index contributed by atoms with van der Waals surface area (Å²) in [6.45, 7) is 4.20. The largest absolute Gasteiger partial charge is 0.354 e. The first-order chi connectivity index (χ1) is 22.3. The van der Waals surface area contributed by atoms with Gasteiger partial charge in [0.15, 0.2) is 0 Å². The van der Waals surface area contributed by atoms with E-state index in [1.54, 1.807) is 36.7 Å². The first kappa shape index (κ1) is 30.9. The summed E-state index contributed by atoms with van der Waals surface area (Å²) in [5.74, 6) is 0.280. The molecule has 0 saturated carbocycles. The summed E-state index contributed by atoms with van der Waals surface area (Å²) in [4.78, 5) is 41.2. The molecule has 0 aliphatic rings. The molecule has 0 spiro atoms. The fourth-order valence-corrected chi connectivity index (χ4v) is 5.77. The number of amides is 2. The number of hydrogen-bond donors (Lipinski definition) is 3. The van der Waals surface area contributed by atoms with Crippen LogP contribution in [0.1, 0.15) is 46.2 Å². The Labute approximate surface area is 279 Å². The van der Waals surface area contributed by atoms with Gasteiger partial charge < -0.3 is 16.0 Å². The van der Waals surface area contributed by atoms with E-state index in [4.69, 9.17) is 0 Å². The van der Waals surface area contributed by atoms with Crippen molar-refractivity contribution in [2.24, 2.45) is 0 Å². The highest BCUT2D eigenvalue weighted by molar-refractivity contribution is 9.10. The number of nitrogens with zero attached hydrogens (tertiary/aromatic N) is 3. The Bertz CT molecular complexity index is 2020. The molecule has 0 aliphatic carbocycles. The minimum atomic E-state index is -0.282. The van der Waals surface area contributed by atoms with Crippen molar-refractivity contribution in [1.29, 1.82) is 0 Å². The summed E-state index contributed by atoms with van der Waals surface area (Å²) < 4.78 is 0.824. The highest BCUT2D eigenvalue weighted by Crippen LogP contribution is 2.37. The molecular weight excluding hydrogens is 660 g/mol. The summed E-state index contributed by atoms with van der Waals surface area (Å²) in [5.41, 5.74) is 5.12. The summed E-state index contributed by atoms with van der Waals surface area (Å²) in [6.07, 6.45) is 5.23. The highest BCUT2D eigenvalue weighted by atomic mass is 79.9. The Morgan fingerprint density at radius 3 is 2.26 bits per heavy atom. The molecule has 10 heteroatoms. The van der Waals surface area contributed by atoms with Gasteiger partial charge in [-0.3, -0.25) is 19.6 Å². The number of pyridine rings is 3. The molecule has 46 heavy (non-hydrogen) atoms. The van der Waals surface area contributed by atoms with Gasteiger partial charge in [0.1, 0.15) is 5.82 Å². The number of nitrogens with one attached hydrogen (secondary N) is 3. The molecule has 0 atom stereocenters. The first-order valence-corrected chi connectivity index (χ1v) is 16.2. The molecule has 0 fully saturated rings. The topological polar surface area (TPSA) is 109 Å². The standard InChI is InChI=1S/C36H29BrN6O2S/c1-22(2)30-19-31-28(21-39-30)29(16-17-38-31)42-32-18-24(36(45)43-34-15-9-25(37)20-40-34)8-14-33(32)46-27-12-10-26(11-13-27)41-35(44)23-6-4-3-5-7-23/h3-22H,1-2H3,(H,38,42)(H,41,44)(H,40,43,45). The van der Waals surface area contributed by atoms with Crippen molar-refractivity contribution in [3.05, 3.63) is 137 Å². The van der Waals surface area contributed by atoms with Gasteiger partial charge in [-0.1, -0.05) is 43.8 Å². The number of fused-ring (bicyclic) bond motifs is 1. The van der Waals surface area contributed by atoms with Crippen LogP contribution in [0.3, 0.4) is 0 Å². The lowest BCUT2D eigenvalue weighted by atomic mass is 10.1. The lowest BCUT2D eigenvalue weighted by molar-refractivity contribution is 0.101. The maximum atomic E-state index is 13.3. The number of aromatic nitrogens is 3. The molecule has 0 saturated heterocycles. The second-order valence-electron chi connectivity index (χ2n) is 10.7. The van der Waals surface area contributed by atoms with Gasteiger partial charge in [-0.05, 0) is 101 Å². The number of anilines is 4. The fourth-order valence-electron chi connectivity index (χ4n) is 4.65. The monoisotopic (exact) mass is 688 g/mol. The number of halogens is 1. The Morgan fingerprint density at radius 1 is 0.739 bits per heavy atom. The number of carbonyl (C=O) groups is 2. The smallest absolute Gasteiger partial charge is 0.256 e. The van der Waals surface area contributed by atoms with Gasteiger partial charge in [-0.2, -0.15) is 0 Å². The molecule has 3 aromatic heterocycles. The van der Waals surface area contributed by atoms with Gasteiger partial charge in [-0.15, -0.1) is 0 Å². The van der Waals surface area contributed by atoms with Crippen LogP contribution in [0.15, 0.2) is 130 Å². The van der Waals surface area contributed by atoms with Crippen LogP contribution in [0, 0.1) is 0 Å². The Morgan fingerprint density at radius 2 is 1.52 bits per heavy atom. The fraction of sp³-hybridized carbons (Fsp3) is 0.0833. The van der Waals surface area contributed by atoms with Crippen LogP contribution in [0.5, 0.6) is 0 Å². The van der Waals surface area contributed by atoms with E-state index in [9.17, 15) is 9.59 Å².